The molecule has 1 aromatic rings. The number of likely N-dealkylation sites (N-methyl/N-ethyl adjacent to an activating group) is 2. The van der Waals surface area contributed by atoms with Crippen LogP contribution in [0.3, 0.4) is 0 Å². The van der Waals surface area contributed by atoms with Gasteiger partial charge >= 0.3 is 5.97 Å². The topological polar surface area (TPSA) is 86.8 Å². The first-order chi connectivity index (χ1) is 10.8. The van der Waals surface area contributed by atoms with Crippen LogP contribution in [0, 0.1) is 18.3 Å². The van der Waals surface area contributed by atoms with Crippen LogP contribution in [0.15, 0.2) is 10.5 Å². The smallest absolute Gasteiger partial charge is 0.341 e. The fourth-order valence-corrected chi connectivity index (χ4v) is 2.15. The van der Waals surface area contributed by atoms with Gasteiger partial charge in [0.2, 0.25) is 5.91 Å². The van der Waals surface area contributed by atoms with E-state index in [1.54, 1.807) is 34.0 Å². The molecular weight excluding hydrogens is 298 g/mol. The highest BCUT2D eigenvalue weighted by atomic mass is 16.5. The number of rotatable bonds is 7. The molecular formula is C16H23N3O4. The molecule has 0 saturated heterocycles. The zero-order valence-corrected chi connectivity index (χ0v) is 14.3. The number of aryl methyl sites for hydroxylation is 1. The number of nitriles is 1. The first kappa shape index (κ1) is 18.7. The van der Waals surface area contributed by atoms with Crippen molar-refractivity contribution in [1.82, 2.24) is 9.80 Å². The molecule has 1 atom stereocenters. The minimum atomic E-state index is -0.444. The van der Waals surface area contributed by atoms with Gasteiger partial charge in [-0.15, -0.1) is 0 Å². The lowest BCUT2D eigenvalue weighted by atomic mass is 10.2. The highest BCUT2D eigenvalue weighted by Crippen LogP contribution is 2.18. The largest absolute Gasteiger partial charge is 0.465 e. The van der Waals surface area contributed by atoms with Crippen molar-refractivity contribution in [2.24, 2.45) is 0 Å². The average molecular weight is 321 g/mol. The molecule has 126 valence electrons. The minimum Gasteiger partial charge on any atom is -0.465 e. The lowest BCUT2D eigenvalue weighted by molar-refractivity contribution is -0.134. The molecule has 7 heteroatoms. The van der Waals surface area contributed by atoms with Crippen molar-refractivity contribution in [3.05, 3.63) is 23.2 Å². The Morgan fingerprint density at radius 3 is 2.65 bits per heavy atom. The van der Waals surface area contributed by atoms with Gasteiger partial charge < -0.3 is 14.1 Å². The van der Waals surface area contributed by atoms with Crippen LogP contribution in [0.1, 0.15) is 35.2 Å². The Balaban J connectivity index is 2.72. The Labute approximate surface area is 136 Å². The molecule has 0 fully saturated rings. The molecule has 23 heavy (non-hydrogen) atoms. The van der Waals surface area contributed by atoms with Gasteiger partial charge in [-0.3, -0.25) is 9.69 Å². The van der Waals surface area contributed by atoms with Gasteiger partial charge in [0.25, 0.3) is 0 Å². The SMILES string of the molecule is COC(=O)c1cc(CN(C)C(C)C(=O)N(C)CCC#N)oc1C. The number of amides is 1. The Morgan fingerprint density at radius 2 is 2.09 bits per heavy atom. The van der Waals surface area contributed by atoms with Crippen molar-refractivity contribution in [3.8, 4) is 6.07 Å². The van der Waals surface area contributed by atoms with E-state index >= 15 is 0 Å². The van der Waals surface area contributed by atoms with E-state index in [0.29, 0.717) is 36.6 Å². The Kier molecular flexibility index (Phi) is 6.79. The zero-order valence-electron chi connectivity index (χ0n) is 14.3. The second-order valence-corrected chi connectivity index (χ2v) is 5.43. The predicted octanol–water partition coefficient (Wildman–Crippen LogP) is 1.57. The van der Waals surface area contributed by atoms with Crippen LogP contribution in [0.2, 0.25) is 0 Å². The van der Waals surface area contributed by atoms with Gasteiger partial charge in [-0.05, 0) is 27.0 Å². The molecule has 1 heterocycles. The number of ether oxygens (including phenoxy) is 1. The highest BCUT2D eigenvalue weighted by Gasteiger charge is 2.23. The van der Waals surface area contributed by atoms with Crippen LogP contribution in [0.25, 0.3) is 0 Å². The maximum absolute atomic E-state index is 12.3. The van der Waals surface area contributed by atoms with Crippen LogP contribution >= 0.6 is 0 Å². The molecule has 0 bridgehead atoms. The lowest BCUT2D eigenvalue weighted by Gasteiger charge is -2.27. The van der Waals surface area contributed by atoms with Crippen LogP contribution in [-0.2, 0) is 16.1 Å². The first-order valence-corrected chi connectivity index (χ1v) is 7.31. The number of carbonyl (C=O) groups is 2. The number of nitrogens with zero attached hydrogens (tertiary/aromatic N) is 3. The molecule has 0 aliphatic carbocycles. The summed E-state index contributed by atoms with van der Waals surface area (Å²) in [5.74, 6) is 0.565. The third kappa shape index (κ3) is 4.83. The molecule has 0 spiro atoms. The lowest BCUT2D eigenvalue weighted by Crippen LogP contribution is -2.44. The van der Waals surface area contributed by atoms with Gasteiger partial charge in [-0.1, -0.05) is 0 Å². The molecule has 0 aliphatic heterocycles. The number of carbonyl (C=O) groups excluding carboxylic acids is 2. The third-order valence-corrected chi connectivity index (χ3v) is 3.73. The first-order valence-electron chi connectivity index (χ1n) is 7.31. The second kappa shape index (κ2) is 8.34. The summed E-state index contributed by atoms with van der Waals surface area (Å²) in [4.78, 5) is 27.2. The molecule has 0 saturated carbocycles. The highest BCUT2D eigenvalue weighted by molar-refractivity contribution is 5.90. The van der Waals surface area contributed by atoms with E-state index in [0.717, 1.165) is 0 Å². The third-order valence-electron chi connectivity index (χ3n) is 3.73. The van der Waals surface area contributed by atoms with Crippen molar-refractivity contribution < 1.29 is 18.7 Å². The van der Waals surface area contributed by atoms with Crippen molar-refractivity contribution >= 4 is 11.9 Å². The molecule has 0 aromatic carbocycles. The molecule has 1 amide bonds. The van der Waals surface area contributed by atoms with Gasteiger partial charge in [0.05, 0.1) is 32.2 Å². The standard InChI is InChI=1S/C16H23N3O4/c1-11(15(20)18(3)8-6-7-17)19(4)10-13-9-14(12(2)23-13)16(21)22-5/h9,11H,6,8,10H2,1-5H3. The summed E-state index contributed by atoms with van der Waals surface area (Å²) in [5.41, 5.74) is 0.390. The Bertz CT molecular complexity index is 603. The van der Waals surface area contributed by atoms with Crippen molar-refractivity contribution in [2.75, 3.05) is 27.7 Å². The Hall–Kier alpha value is -2.33. The second-order valence-electron chi connectivity index (χ2n) is 5.43. The maximum Gasteiger partial charge on any atom is 0.341 e. The number of esters is 1. The van der Waals surface area contributed by atoms with Crippen LogP contribution in [0.4, 0.5) is 0 Å². The van der Waals surface area contributed by atoms with E-state index in [9.17, 15) is 9.59 Å². The number of methoxy groups -OCH3 is 1. The van der Waals surface area contributed by atoms with E-state index in [1.165, 1.54) is 12.0 Å². The molecule has 1 unspecified atom stereocenters. The van der Waals surface area contributed by atoms with Gasteiger partial charge in [0.15, 0.2) is 0 Å². The molecule has 0 radical (unpaired) electrons. The number of hydrogen-bond donors (Lipinski definition) is 0. The summed E-state index contributed by atoms with van der Waals surface area (Å²) in [5, 5.41) is 8.58. The molecule has 1 aromatic heterocycles. The molecule has 7 nitrogen and oxygen atoms in total. The van der Waals surface area contributed by atoms with E-state index in [1.807, 2.05) is 11.0 Å². The van der Waals surface area contributed by atoms with E-state index in [2.05, 4.69) is 0 Å². The number of hydrogen-bond acceptors (Lipinski definition) is 6. The quantitative estimate of drug-likeness (QED) is 0.708. The molecule has 1 rings (SSSR count). The van der Waals surface area contributed by atoms with Gasteiger partial charge in [0, 0.05) is 13.6 Å². The van der Waals surface area contributed by atoms with Crippen molar-refractivity contribution in [3.63, 3.8) is 0 Å². The summed E-state index contributed by atoms with van der Waals surface area (Å²) >= 11 is 0. The van der Waals surface area contributed by atoms with E-state index in [-0.39, 0.29) is 11.9 Å². The van der Waals surface area contributed by atoms with Crippen LogP contribution < -0.4 is 0 Å². The monoisotopic (exact) mass is 321 g/mol. The molecule has 0 aliphatic rings. The van der Waals surface area contributed by atoms with Gasteiger partial charge in [-0.25, -0.2) is 4.79 Å². The van der Waals surface area contributed by atoms with Crippen molar-refractivity contribution in [2.45, 2.75) is 32.9 Å². The van der Waals surface area contributed by atoms with Crippen molar-refractivity contribution in [1.29, 1.82) is 5.26 Å². The van der Waals surface area contributed by atoms with Crippen LogP contribution in [-0.4, -0.2) is 55.5 Å². The fourth-order valence-electron chi connectivity index (χ4n) is 2.15. The maximum atomic E-state index is 12.3. The summed E-state index contributed by atoms with van der Waals surface area (Å²) in [6.07, 6.45) is 0.304. The van der Waals surface area contributed by atoms with Gasteiger partial charge in [-0.2, -0.15) is 5.26 Å². The fraction of sp³-hybridized carbons (Fsp3) is 0.562. The molecule has 0 N–H and O–H groups in total. The van der Waals surface area contributed by atoms with Crippen LogP contribution in [0.5, 0.6) is 0 Å². The Morgan fingerprint density at radius 1 is 1.43 bits per heavy atom. The zero-order chi connectivity index (χ0) is 17.6. The normalized spacial score (nSPS) is 11.9. The predicted molar refractivity (Wildman–Crippen MR) is 83.6 cm³/mol. The summed E-state index contributed by atoms with van der Waals surface area (Å²) in [6.45, 7) is 4.28. The summed E-state index contributed by atoms with van der Waals surface area (Å²) in [7, 11) is 4.80. The van der Waals surface area contributed by atoms with E-state index in [4.69, 9.17) is 14.4 Å². The number of furan rings is 1. The van der Waals surface area contributed by atoms with Gasteiger partial charge in [0.1, 0.15) is 17.1 Å². The minimum absolute atomic E-state index is 0.0702. The summed E-state index contributed by atoms with van der Waals surface area (Å²) in [6, 6.07) is 3.28. The summed E-state index contributed by atoms with van der Waals surface area (Å²) < 4.78 is 10.2. The van der Waals surface area contributed by atoms with E-state index < -0.39 is 5.97 Å². The average Bonchev–Trinajstić information content (AvgIpc) is 2.90.